The van der Waals surface area contributed by atoms with Gasteiger partial charge < -0.3 is 9.64 Å². The van der Waals surface area contributed by atoms with Crippen molar-refractivity contribution in [2.75, 3.05) is 41.7 Å². The zero-order chi connectivity index (χ0) is 15.3. The normalized spacial score (nSPS) is 17.5. The minimum Gasteiger partial charge on any atom is -0.378 e. The zero-order valence-corrected chi connectivity index (χ0v) is 13.5. The van der Waals surface area contributed by atoms with E-state index >= 15 is 0 Å². The van der Waals surface area contributed by atoms with Crippen molar-refractivity contribution >= 4 is 21.4 Å². The maximum absolute atomic E-state index is 12.1. The Bertz CT molecular complexity index is 554. The van der Waals surface area contributed by atoms with E-state index in [4.69, 9.17) is 4.74 Å². The fourth-order valence-corrected chi connectivity index (χ4v) is 3.86. The summed E-state index contributed by atoms with van der Waals surface area (Å²) < 4.78 is 32.2. The molecule has 0 saturated carbocycles. The number of nitrogens with one attached hydrogen (secondary N) is 1. The van der Waals surface area contributed by atoms with Crippen LogP contribution in [0, 0.1) is 5.92 Å². The molecule has 6 heteroatoms. The van der Waals surface area contributed by atoms with Gasteiger partial charge in [0.1, 0.15) is 0 Å². The minimum absolute atomic E-state index is 0.157. The van der Waals surface area contributed by atoms with Crippen LogP contribution in [0.15, 0.2) is 24.3 Å². The van der Waals surface area contributed by atoms with Gasteiger partial charge in [0.05, 0.1) is 24.7 Å². The number of nitrogens with zero attached hydrogens (tertiary/aromatic N) is 1. The van der Waals surface area contributed by atoms with E-state index in [0.717, 1.165) is 25.2 Å². The van der Waals surface area contributed by atoms with E-state index in [1.807, 2.05) is 32.0 Å². The summed E-state index contributed by atoms with van der Waals surface area (Å²) in [5, 5.41) is 0. The van der Waals surface area contributed by atoms with E-state index in [9.17, 15) is 8.42 Å². The molecular formula is C15H24N2O3S. The SMILES string of the molecule is CCC(C)CS(=O)(=O)Nc1cccc(N2CCOCC2)c1. The maximum Gasteiger partial charge on any atom is 0.232 e. The van der Waals surface area contributed by atoms with Crippen LogP contribution in [0.1, 0.15) is 20.3 Å². The van der Waals surface area contributed by atoms with Gasteiger partial charge in [0, 0.05) is 18.8 Å². The van der Waals surface area contributed by atoms with Crippen LogP contribution in [0.5, 0.6) is 0 Å². The number of ether oxygens (including phenoxy) is 1. The minimum atomic E-state index is -3.29. The molecule has 1 atom stereocenters. The summed E-state index contributed by atoms with van der Waals surface area (Å²) in [5.74, 6) is 0.315. The van der Waals surface area contributed by atoms with Crippen LogP contribution < -0.4 is 9.62 Å². The van der Waals surface area contributed by atoms with Crippen molar-refractivity contribution in [1.82, 2.24) is 0 Å². The number of rotatable bonds is 6. The third-order valence-corrected chi connectivity index (χ3v) is 5.25. The largest absolute Gasteiger partial charge is 0.378 e. The van der Waals surface area contributed by atoms with Crippen LogP contribution in [0.4, 0.5) is 11.4 Å². The first-order chi connectivity index (χ1) is 10.00. The monoisotopic (exact) mass is 312 g/mol. The van der Waals surface area contributed by atoms with E-state index < -0.39 is 10.0 Å². The molecule has 1 aromatic carbocycles. The Morgan fingerprint density at radius 2 is 2.05 bits per heavy atom. The van der Waals surface area contributed by atoms with Crippen LogP contribution in [0.3, 0.4) is 0 Å². The summed E-state index contributed by atoms with van der Waals surface area (Å²) in [5.41, 5.74) is 1.66. The van der Waals surface area contributed by atoms with Gasteiger partial charge in [-0.3, -0.25) is 4.72 Å². The van der Waals surface area contributed by atoms with Crippen molar-refractivity contribution in [2.45, 2.75) is 20.3 Å². The standard InChI is InChI=1S/C15H24N2O3S/c1-3-13(2)12-21(18,19)16-14-5-4-6-15(11-14)17-7-9-20-10-8-17/h4-6,11,13,16H,3,7-10,12H2,1-2H3. The molecule has 1 N–H and O–H groups in total. The second-order valence-corrected chi connectivity index (χ2v) is 7.31. The van der Waals surface area contributed by atoms with Gasteiger partial charge in [0.2, 0.25) is 10.0 Å². The third-order valence-electron chi connectivity index (χ3n) is 3.70. The average molecular weight is 312 g/mol. The summed E-state index contributed by atoms with van der Waals surface area (Å²) in [6.07, 6.45) is 0.856. The van der Waals surface area contributed by atoms with Crippen LogP contribution in [-0.2, 0) is 14.8 Å². The van der Waals surface area contributed by atoms with Crippen LogP contribution in [0.25, 0.3) is 0 Å². The van der Waals surface area contributed by atoms with E-state index in [1.165, 1.54) is 0 Å². The highest BCUT2D eigenvalue weighted by atomic mass is 32.2. The molecule has 0 radical (unpaired) electrons. The van der Waals surface area contributed by atoms with Crippen molar-refractivity contribution in [1.29, 1.82) is 0 Å². The first-order valence-electron chi connectivity index (χ1n) is 7.43. The van der Waals surface area contributed by atoms with Gasteiger partial charge in [-0.1, -0.05) is 26.3 Å². The Morgan fingerprint density at radius 1 is 1.33 bits per heavy atom. The molecule has 0 amide bonds. The van der Waals surface area contributed by atoms with Crippen molar-refractivity contribution in [2.24, 2.45) is 5.92 Å². The molecular weight excluding hydrogens is 288 g/mol. The fourth-order valence-electron chi connectivity index (χ4n) is 2.30. The Balaban J connectivity index is 2.06. The first kappa shape index (κ1) is 16.1. The zero-order valence-electron chi connectivity index (χ0n) is 12.7. The van der Waals surface area contributed by atoms with Gasteiger partial charge in [-0.2, -0.15) is 0 Å². The Morgan fingerprint density at radius 3 is 2.71 bits per heavy atom. The molecule has 0 spiro atoms. The third kappa shape index (κ3) is 4.89. The predicted molar refractivity (Wildman–Crippen MR) is 86.3 cm³/mol. The number of hydrogen-bond donors (Lipinski definition) is 1. The number of anilines is 2. The molecule has 1 aliphatic heterocycles. The van der Waals surface area contributed by atoms with Gasteiger partial charge >= 0.3 is 0 Å². The molecule has 118 valence electrons. The molecule has 1 saturated heterocycles. The number of sulfonamides is 1. The van der Waals surface area contributed by atoms with Crippen LogP contribution in [-0.4, -0.2) is 40.5 Å². The Kier molecular flexibility index (Phi) is 5.47. The molecule has 1 fully saturated rings. The van der Waals surface area contributed by atoms with Crippen molar-refractivity contribution < 1.29 is 13.2 Å². The highest BCUT2D eigenvalue weighted by Gasteiger charge is 2.16. The quantitative estimate of drug-likeness (QED) is 0.876. The lowest BCUT2D eigenvalue weighted by atomic mass is 10.2. The Hall–Kier alpha value is -1.27. The highest BCUT2D eigenvalue weighted by molar-refractivity contribution is 7.92. The summed E-state index contributed by atoms with van der Waals surface area (Å²) >= 11 is 0. The van der Waals surface area contributed by atoms with Gasteiger partial charge in [-0.25, -0.2) is 8.42 Å². The van der Waals surface area contributed by atoms with Crippen LogP contribution >= 0.6 is 0 Å². The van der Waals surface area contributed by atoms with Crippen molar-refractivity contribution in [3.63, 3.8) is 0 Å². The second kappa shape index (κ2) is 7.13. The highest BCUT2D eigenvalue weighted by Crippen LogP contribution is 2.21. The van der Waals surface area contributed by atoms with E-state index in [-0.39, 0.29) is 11.7 Å². The van der Waals surface area contributed by atoms with E-state index in [0.29, 0.717) is 18.9 Å². The van der Waals surface area contributed by atoms with E-state index in [1.54, 1.807) is 6.07 Å². The Labute approximate surface area is 127 Å². The molecule has 1 heterocycles. The summed E-state index contributed by atoms with van der Waals surface area (Å²) in [7, 11) is -3.29. The topological polar surface area (TPSA) is 58.6 Å². The van der Waals surface area contributed by atoms with Crippen molar-refractivity contribution in [3.05, 3.63) is 24.3 Å². The first-order valence-corrected chi connectivity index (χ1v) is 9.08. The molecule has 0 aromatic heterocycles. The molecule has 2 rings (SSSR count). The van der Waals surface area contributed by atoms with Gasteiger partial charge in [0.25, 0.3) is 0 Å². The summed E-state index contributed by atoms with van der Waals surface area (Å²) in [6.45, 7) is 7.04. The lowest BCUT2D eigenvalue weighted by Crippen LogP contribution is -2.36. The molecule has 21 heavy (non-hydrogen) atoms. The van der Waals surface area contributed by atoms with E-state index in [2.05, 4.69) is 9.62 Å². The maximum atomic E-state index is 12.1. The molecule has 1 aliphatic rings. The van der Waals surface area contributed by atoms with Crippen LogP contribution in [0.2, 0.25) is 0 Å². The number of benzene rings is 1. The summed E-state index contributed by atoms with van der Waals surface area (Å²) in [6, 6.07) is 7.56. The lowest BCUT2D eigenvalue weighted by Gasteiger charge is -2.29. The predicted octanol–water partition coefficient (Wildman–Crippen LogP) is 2.31. The number of hydrogen-bond acceptors (Lipinski definition) is 4. The smallest absolute Gasteiger partial charge is 0.232 e. The van der Waals surface area contributed by atoms with Crippen molar-refractivity contribution in [3.8, 4) is 0 Å². The molecule has 0 aliphatic carbocycles. The number of morpholine rings is 1. The van der Waals surface area contributed by atoms with Gasteiger partial charge in [-0.15, -0.1) is 0 Å². The molecule has 5 nitrogen and oxygen atoms in total. The lowest BCUT2D eigenvalue weighted by molar-refractivity contribution is 0.122. The molecule has 0 bridgehead atoms. The fraction of sp³-hybridized carbons (Fsp3) is 0.600. The second-order valence-electron chi connectivity index (χ2n) is 5.55. The molecule has 1 unspecified atom stereocenters. The van der Waals surface area contributed by atoms with Gasteiger partial charge in [0.15, 0.2) is 0 Å². The average Bonchev–Trinajstić information content (AvgIpc) is 2.47. The molecule has 1 aromatic rings. The summed E-state index contributed by atoms with van der Waals surface area (Å²) in [4.78, 5) is 2.20. The van der Waals surface area contributed by atoms with Gasteiger partial charge in [-0.05, 0) is 24.1 Å².